The zero-order valence-electron chi connectivity index (χ0n) is 11.4. The first-order valence-corrected chi connectivity index (χ1v) is 7.77. The lowest BCUT2D eigenvalue weighted by Crippen LogP contribution is -2.16. The van der Waals surface area contributed by atoms with Crippen LogP contribution in [0, 0.1) is 0 Å². The highest BCUT2D eigenvalue weighted by molar-refractivity contribution is 7.99. The van der Waals surface area contributed by atoms with Crippen molar-refractivity contribution in [1.82, 2.24) is 9.78 Å². The van der Waals surface area contributed by atoms with Crippen molar-refractivity contribution in [2.24, 2.45) is 7.05 Å². The molecule has 0 saturated heterocycles. The Hall–Kier alpha value is -1.42. The van der Waals surface area contributed by atoms with Crippen molar-refractivity contribution >= 4 is 17.4 Å². The summed E-state index contributed by atoms with van der Waals surface area (Å²) < 4.78 is 1.89. The molecule has 3 rings (SSSR count). The van der Waals surface area contributed by atoms with E-state index < -0.39 is 0 Å². The Kier molecular flexibility index (Phi) is 3.51. The molecule has 1 aromatic carbocycles. The summed E-state index contributed by atoms with van der Waals surface area (Å²) in [5.41, 5.74) is 3.75. The Balaban J connectivity index is 1.88. The van der Waals surface area contributed by atoms with Gasteiger partial charge in [0.05, 0.1) is 17.4 Å². The maximum atomic E-state index is 4.50. The molecule has 3 nitrogen and oxygen atoms in total. The second-order valence-corrected chi connectivity index (χ2v) is 6.03. The average molecular weight is 273 g/mol. The number of benzene rings is 1. The summed E-state index contributed by atoms with van der Waals surface area (Å²) >= 11 is 1.96. The van der Waals surface area contributed by atoms with Crippen molar-refractivity contribution in [3.05, 3.63) is 41.7 Å². The lowest BCUT2D eigenvalue weighted by atomic mass is 10.0. The molecule has 1 aliphatic rings. The van der Waals surface area contributed by atoms with Crippen LogP contribution in [0.2, 0.25) is 0 Å². The van der Waals surface area contributed by atoms with E-state index in [9.17, 15) is 0 Å². The number of fused-ring (bicyclic) bond motifs is 1. The smallest absolute Gasteiger partial charge is 0.0853 e. The number of hydrogen-bond acceptors (Lipinski definition) is 3. The Bertz CT molecular complexity index is 577. The Morgan fingerprint density at radius 2 is 2.26 bits per heavy atom. The van der Waals surface area contributed by atoms with Gasteiger partial charge in [-0.25, -0.2) is 0 Å². The van der Waals surface area contributed by atoms with Crippen molar-refractivity contribution in [1.29, 1.82) is 0 Å². The predicted molar refractivity (Wildman–Crippen MR) is 80.7 cm³/mol. The van der Waals surface area contributed by atoms with Crippen LogP contribution >= 0.6 is 11.8 Å². The summed E-state index contributed by atoms with van der Waals surface area (Å²) in [5, 5.41) is 8.18. The van der Waals surface area contributed by atoms with Gasteiger partial charge in [0.1, 0.15) is 0 Å². The van der Waals surface area contributed by atoms with Crippen LogP contribution in [0.25, 0.3) is 0 Å². The molecule has 1 unspecified atom stereocenters. The topological polar surface area (TPSA) is 29.9 Å². The minimum atomic E-state index is 0.409. The van der Waals surface area contributed by atoms with E-state index in [1.54, 1.807) is 0 Å². The van der Waals surface area contributed by atoms with Gasteiger partial charge in [-0.3, -0.25) is 4.68 Å². The van der Waals surface area contributed by atoms with Crippen molar-refractivity contribution in [3.8, 4) is 0 Å². The molecule has 100 valence electrons. The maximum absolute atomic E-state index is 4.50. The summed E-state index contributed by atoms with van der Waals surface area (Å²) in [5.74, 6) is 1.18. The molecular formula is C15H19N3S. The number of anilines is 1. The SMILES string of the molecule is CCc1nn(C)cc1NC1CCSc2ccccc21. The largest absolute Gasteiger partial charge is 0.375 e. The van der Waals surface area contributed by atoms with E-state index >= 15 is 0 Å². The molecule has 0 amide bonds. The number of aryl methyl sites for hydroxylation is 2. The van der Waals surface area contributed by atoms with Crippen molar-refractivity contribution in [2.75, 3.05) is 11.1 Å². The summed E-state index contributed by atoms with van der Waals surface area (Å²) in [4.78, 5) is 1.41. The highest BCUT2D eigenvalue weighted by atomic mass is 32.2. The third kappa shape index (κ3) is 2.50. The highest BCUT2D eigenvalue weighted by Crippen LogP contribution is 2.38. The van der Waals surface area contributed by atoms with E-state index in [1.165, 1.54) is 28.3 Å². The van der Waals surface area contributed by atoms with Gasteiger partial charge in [-0.15, -0.1) is 11.8 Å². The number of aromatic nitrogens is 2. The monoisotopic (exact) mass is 273 g/mol. The van der Waals surface area contributed by atoms with Gasteiger partial charge >= 0.3 is 0 Å². The van der Waals surface area contributed by atoms with E-state index in [-0.39, 0.29) is 0 Å². The number of nitrogens with one attached hydrogen (secondary N) is 1. The van der Waals surface area contributed by atoms with Crippen LogP contribution in [0.1, 0.15) is 30.6 Å². The number of nitrogens with zero attached hydrogens (tertiary/aromatic N) is 2. The van der Waals surface area contributed by atoms with Crippen LogP contribution in [0.4, 0.5) is 5.69 Å². The van der Waals surface area contributed by atoms with Crippen LogP contribution < -0.4 is 5.32 Å². The fraction of sp³-hybridized carbons (Fsp3) is 0.400. The standard InChI is InChI=1S/C15H19N3S/c1-3-12-14(10-18(2)17-12)16-13-8-9-19-15-7-5-4-6-11(13)15/h4-7,10,13,16H,3,8-9H2,1-2H3. The van der Waals surface area contributed by atoms with Gasteiger partial charge in [-0.05, 0) is 24.5 Å². The fourth-order valence-corrected chi connectivity index (χ4v) is 3.72. The normalized spacial score (nSPS) is 18.1. The first-order valence-electron chi connectivity index (χ1n) is 6.78. The molecule has 0 bridgehead atoms. The van der Waals surface area contributed by atoms with Gasteiger partial charge in [0.15, 0.2) is 0 Å². The third-order valence-electron chi connectivity index (χ3n) is 3.53. The predicted octanol–water partition coefficient (Wildman–Crippen LogP) is 3.63. The van der Waals surface area contributed by atoms with Crippen molar-refractivity contribution in [2.45, 2.75) is 30.7 Å². The van der Waals surface area contributed by atoms with Gasteiger partial charge in [-0.2, -0.15) is 5.10 Å². The minimum Gasteiger partial charge on any atom is -0.375 e. The zero-order chi connectivity index (χ0) is 13.2. The van der Waals surface area contributed by atoms with Gasteiger partial charge in [0, 0.05) is 23.9 Å². The Morgan fingerprint density at radius 3 is 3.11 bits per heavy atom. The van der Waals surface area contributed by atoms with E-state index in [2.05, 4.69) is 47.8 Å². The molecule has 1 aliphatic heterocycles. The number of hydrogen-bond donors (Lipinski definition) is 1. The molecule has 1 aromatic heterocycles. The molecule has 0 spiro atoms. The third-order valence-corrected chi connectivity index (χ3v) is 4.65. The van der Waals surface area contributed by atoms with Crippen LogP contribution in [-0.2, 0) is 13.5 Å². The summed E-state index contributed by atoms with van der Waals surface area (Å²) in [6.07, 6.45) is 4.22. The molecule has 0 radical (unpaired) electrons. The molecule has 0 saturated carbocycles. The van der Waals surface area contributed by atoms with Gasteiger partial charge in [0.2, 0.25) is 0 Å². The van der Waals surface area contributed by atoms with Crippen LogP contribution in [-0.4, -0.2) is 15.5 Å². The zero-order valence-corrected chi connectivity index (χ0v) is 12.2. The van der Waals surface area contributed by atoms with Crippen LogP contribution in [0.3, 0.4) is 0 Å². The van der Waals surface area contributed by atoms with Crippen LogP contribution in [0.15, 0.2) is 35.4 Å². The fourth-order valence-electron chi connectivity index (χ4n) is 2.60. The van der Waals surface area contributed by atoms with Crippen molar-refractivity contribution < 1.29 is 0 Å². The summed E-state index contributed by atoms with van der Waals surface area (Å²) in [6, 6.07) is 9.12. The van der Waals surface area contributed by atoms with E-state index in [4.69, 9.17) is 0 Å². The molecule has 4 heteroatoms. The molecule has 19 heavy (non-hydrogen) atoms. The number of thioether (sulfide) groups is 1. The van der Waals surface area contributed by atoms with E-state index in [0.29, 0.717) is 6.04 Å². The number of rotatable bonds is 3. The van der Waals surface area contributed by atoms with Gasteiger partial charge in [0.25, 0.3) is 0 Å². The highest BCUT2D eigenvalue weighted by Gasteiger charge is 2.21. The van der Waals surface area contributed by atoms with E-state index in [0.717, 1.165) is 12.1 Å². The lowest BCUT2D eigenvalue weighted by Gasteiger charge is -2.26. The first-order chi connectivity index (χ1) is 9.28. The molecule has 0 aliphatic carbocycles. The summed E-state index contributed by atoms with van der Waals surface area (Å²) in [7, 11) is 1.98. The molecule has 1 N–H and O–H groups in total. The average Bonchev–Trinajstić information content (AvgIpc) is 2.79. The maximum Gasteiger partial charge on any atom is 0.0853 e. The van der Waals surface area contributed by atoms with Crippen LogP contribution in [0.5, 0.6) is 0 Å². The minimum absolute atomic E-state index is 0.409. The summed E-state index contributed by atoms with van der Waals surface area (Å²) in [6.45, 7) is 2.15. The molecule has 1 atom stereocenters. The van der Waals surface area contributed by atoms with E-state index in [1.807, 2.05) is 23.5 Å². The van der Waals surface area contributed by atoms with Crippen molar-refractivity contribution in [3.63, 3.8) is 0 Å². The molecule has 0 fully saturated rings. The second kappa shape index (κ2) is 5.29. The molecule has 2 heterocycles. The van der Waals surface area contributed by atoms with Gasteiger partial charge < -0.3 is 5.32 Å². The van der Waals surface area contributed by atoms with Gasteiger partial charge in [-0.1, -0.05) is 25.1 Å². The quantitative estimate of drug-likeness (QED) is 0.926. The first kappa shape index (κ1) is 12.6. The second-order valence-electron chi connectivity index (χ2n) is 4.89. The molecule has 2 aromatic rings. The Labute approximate surface area is 118 Å². The Morgan fingerprint density at radius 1 is 1.42 bits per heavy atom. The molecular weight excluding hydrogens is 254 g/mol. The lowest BCUT2D eigenvalue weighted by molar-refractivity contribution is 0.727.